The second-order valence-electron chi connectivity index (χ2n) is 10.5. The number of aliphatic hydroxyl groups is 1. The van der Waals surface area contributed by atoms with Crippen molar-refractivity contribution < 1.29 is 28.6 Å². The van der Waals surface area contributed by atoms with Gasteiger partial charge >= 0.3 is 0 Å². The monoisotopic (exact) mass is 690 g/mol. The lowest BCUT2D eigenvalue weighted by Crippen LogP contribution is -2.19. The smallest absolute Gasteiger partial charge is 0.207 e. The minimum atomic E-state index is -1.32. The highest BCUT2D eigenvalue weighted by Gasteiger charge is 2.25. The van der Waals surface area contributed by atoms with E-state index in [0.717, 1.165) is 22.3 Å². The van der Waals surface area contributed by atoms with Crippen LogP contribution in [0, 0.1) is 25.5 Å². The minimum Gasteiger partial charge on any atom is -0.494 e. The summed E-state index contributed by atoms with van der Waals surface area (Å²) in [5, 5.41) is 22.0. The van der Waals surface area contributed by atoms with E-state index in [4.69, 9.17) is 33.1 Å². The van der Waals surface area contributed by atoms with E-state index in [1.54, 1.807) is 36.6 Å². The van der Waals surface area contributed by atoms with Crippen LogP contribution in [0.25, 0.3) is 21.5 Å². The van der Waals surface area contributed by atoms with Crippen molar-refractivity contribution in [2.45, 2.75) is 39.7 Å². The number of anilines is 1. The molecule has 4 N–H and O–H groups in total. The summed E-state index contributed by atoms with van der Waals surface area (Å²) in [5.74, 6) is -0.895. The Hall–Kier alpha value is -3.87. The summed E-state index contributed by atoms with van der Waals surface area (Å²) < 4.78 is 34.1. The Kier molecular flexibility index (Phi) is 13.2. The largest absolute Gasteiger partial charge is 0.494 e. The molecule has 3 aromatic carbocycles. The first-order valence-electron chi connectivity index (χ1n) is 13.9. The molecule has 2 heterocycles. The third-order valence-electron chi connectivity index (χ3n) is 6.38. The van der Waals surface area contributed by atoms with Gasteiger partial charge in [0.25, 0.3) is 0 Å². The number of carbonyl (C=O) groups is 1. The Balaban J connectivity index is 0.000000225. The zero-order valence-corrected chi connectivity index (χ0v) is 28.1. The molecule has 0 saturated carbocycles. The Labute approximate surface area is 280 Å². The maximum atomic E-state index is 14.2. The summed E-state index contributed by atoms with van der Waals surface area (Å²) >= 11 is 13.8. The van der Waals surface area contributed by atoms with Gasteiger partial charge in [0.05, 0.1) is 43.8 Å². The van der Waals surface area contributed by atoms with Gasteiger partial charge in [-0.3, -0.25) is 20.5 Å². The number of carbonyl (C=O) groups excluding carboxylic acids is 1. The van der Waals surface area contributed by atoms with Crippen LogP contribution in [0.15, 0.2) is 60.7 Å². The van der Waals surface area contributed by atoms with Crippen molar-refractivity contribution in [1.29, 1.82) is 0 Å². The van der Waals surface area contributed by atoms with Gasteiger partial charge in [0.15, 0.2) is 0 Å². The minimum absolute atomic E-state index is 0.0428. The Morgan fingerprint density at radius 3 is 2.30 bits per heavy atom. The maximum absolute atomic E-state index is 14.2. The fourth-order valence-electron chi connectivity index (χ4n) is 4.21. The molecule has 0 unspecified atom stereocenters. The predicted molar refractivity (Wildman–Crippen MR) is 180 cm³/mol. The van der Waals surface area contributed by atoms with Crippen LogP contribution in [0.2, 0.25) is 10.0 Å². The number of thiazole rings is 1. The van der Waals surface area contributed by atoms with Crippen molar-refractivity contribution in [3.63, 3.8) is 0 Å². The number of ether oxygens (including phenoxy) is 1. The number of hydrogen-bond acceptors (Lipinski definition) is 8. The molecule has 0 aliphatic rings. The number of rotatable bonds is 8. The number of fused-ring (bicyclic) bond motifs is 1. The fourth-order valence-corrected chi connectivity index (χ4v) is 5.74. The topological polar surface area (TPSA) is 117 Å². The quantitative estimate of drug-likeness (QED) is 0.0561. The molecule has 0 fully saturated rings. The average molecular weight is 692 g/mol. The first-order valence-corrected chi connectivity index (χ1v) is 15.5. The van der Waals surface area contributed by atoms with Gasteiger partial charge in [-0.05, 0) is 69.7 Å². The normalized spacial score (nSPS) is 10.8. The van der Waals surface area contributed by atoms with Crippen molar-refractivity contribution in [2.24, 2.45) is 0 Å². The van der Waals surface area contributed by atoms with Crippen LogP contribution in [0.3, 0.4) is 0 Å². The van der Waals surface area contributed by atoms with Crippen molar-refractivity contribution in [2.75, 3.05) is 19.1 Å². The summed E-state index contributed by atoms with van der Waals surface area (Å²) in [6.07, 6.45) is 0.885. The molecule has 5 rings (SSSR count). The molecular weight excluding hydrogens is 657 g/mol. The van der Waals surface area contributed by atoms with E-state index in [0.29, 0.717) is 42.4 Å². The first kappa shape index (κ1) is 36.6. The molecular formula is C33H34Cl2F2N4O4S. The number of nitrogens with zero attached hydrogens (tertiary/aromatic N) is 2. The molecule has 8 nitrogen and oxygen atoms in total. The summed E-state index contributed by atoms with van der Waals surface area (Å²) in [5.41, 5.74) is 4.40. The number of hydrogen-bond donors (Lipinski definition) is 4. The number of benzene rings is 3. The van der Waals surface area contributed by atoms with Crippen LogP contribution in [-0.2, 0) is 16.8 Å². The lowest BCUT2D eigenvalue weighted by Gasteiger charge is -2.22. The standard InChI is InChI=1S/C17H16Cl2F2N2O2.C10H11NOS.C6H7NO/c1-17(2,25)11-5-9(3-4-22-8-24)23-16(15(11)19)10-6-12(18)14(21)7-13(10)20;1-6-4-8(12-3)10-9(5-6)13-7(2)11-10;8-7-6-4-2-1-3-5-6/h5-8,25H,3-4H2,1-2H3,(H,22,24);4-5H,1-3H3;1-5,7-8H. The van der Waals surface area contributed by atoms with Crippen molar-refractivity contribution >= 4 is 56.9 Å². The number of nitrogens with one attached hydrogen (secondary N) is 2. The highest BCUT2D eigenvalue weighted by Crippen LogP contribution is 2.38. The van der Waals surface area contributed by atoms with Crippen LogP contribution < -0.4 is 15.5 Å². The number of methoxy groups -OCH3 is 1. The molecule has 244 valence electrons. The SMILES string of the molecule is CC(C)(O)c1cc(CCNC=O)nc(-c2cc(Cl)c(F)cc2F)c1Cl.COc1cc(C)cc2sc(C)nc12.ONc1ccccc1. The number of aryl methyl sites for hydroxylation is 2. The molecule has 1 amide bonds. The maximum Gasteiger partial charge on any atom is 0.207 e. The van der Waals surface area contributed by atoms with E-state index in [2.05, 4.69) is 28.3 Å². The van der Waals surface area contributed by atoms with Gasteiger partial charge in [-0.25, -0.2) is 13.8 Å². The second-order valence-corrected chi connectivity index (χ2v) is 12.5. The average Bonchev–Trinajstić information content (AvgIpc) is 3.39. The summed E-state index contributed by atoms with van der Waals surface area (Å²) in [6, 6.07) is 16.6. The molecule has 5 aromatic rings. The molecule has 0 atom stereocenters. The fraction of sp³-hybridized carbons (Fsp3) is 0.242. The number of aromatic nitrogens is 2. The van der Waals surface area contributed by atoms with Gasteiger partial charge in [0, 0.05) is 35.9 Å². The molecule has 0 aliphatic heterocycles. The lowest BCUT2D eigenvalue weighted by atomic mass is 9.95. The zero-order chi connectivity index (χ0) is 34.0. The van der Waals surface area contributed by atoms with E-state index in [1.807, 2.05) is 36.7 Å². The molecule has 46 heavy (non-hydrogen) atoms. The van der Waals surface area contributed by atoms with Crippen LogP contribution in [0.1, 0.15) is 35.7 Å². The van der Waals surface area contributed by atoms with E-state index in [1.165, 1.54) is 24.1 Å². The van der Waals surface area contributed by atoms with E-state index in [9.17, 15) is 18.7 Å². The Morgan fingerprint density at radius 2 is 1.72 bits per heavy atom. The van der Waals surface area contributed by atoms with Gasteiger partial charge in [-0.2, -0.15) is 0 Å². The van der Waals surface area contributed by atoms with Crippen molar-refractivity contribution in [3.05, 3.63) is 104 Å². The zero-order valence-electron chi connectivity index (χ0n) is 25.8. The molecule has 0 saturated heterocycles. The van der Waals surface area contributed by atoms with Gasteiger partial charge in [-0.15, -0.1) is 11.3 Å². The van der Waals surface area contributed by atoms with Crippen molar-refractivity contribution in [3.8, 4) is 17.0 Å². The number of para-hydroxylation sites is 1. The molecule has 13 heteroatoms. The molecule has 0 radical (unpaired) electrons. The molecule has 2 aromatic heterocycles. The van der Waals surface area contributed by atoms with E-state index < -0.39 is 17.2 Å². The Morgan fingerprint density at radius 1 is 1.02 bits per heavy atom. The van der Waals surface area contributed by atoms with Gasteiger partial charge in [0.1, 0.15) is 22.9 Å². The molecule has 0 bridgehead atoms. The lowest BCUT2D eigenvalue weighted by molar-refractivity contribution is -0.109. The van der Waals surface area contributed by atoms with Crippen LogP contribution in [0.5, 0.6) is 5.75 Å². The van der Waals surface area contributed by atoms with Crippen molar-refractivity contribution in [1.82, 2.24) is 15.3 Å². The Bertz CT molecular complexity index is 1780. The van der Waals surface area contributed by atoms with E-state index in [-0.39, 0.29) is 21.3 Å². The predicted octanol–water partition coefficient (Wildman–Crippen LogP) is 8.26. The molecule has 0 spiro atoms. The van der Waals surface area contributed by atoms with Crippen LogP contribution in [0.4, 0.5) is 14.5 Å². The number of pyridine rings is 1. The summed E-state index contributed by atoms with van der Waals surface area (Å²) in [7, 11) is 1.68. The van der Waals surface area contributed by atoms with Gasteiger partial charge in [0.2, 0.25) is 6.41 Å². The highest BCUT2D eigenvalue weighted by atomic mass is 35.5. The molecule has 0 aliphatic carbocycles. The van der Waals surface area contributed by atoms with E-state index >= 15 is 0 Å². The van der Waals surface area contributed by atoms with Crippen LogP contribution >= 0.6 is 34.5 Å². The van der Waals surface area contributed by atoms with Gasteiger partial charge in [-0.1, -0.05) is 41.4 Å². The number of amides is 1. The second kappa shape index (κ2) is 16.6. The summed E-state index contributed by atoms with van der Waals surface area (Å²) in [4.78, 5) is 19.1. The van der Waals surface area contributed by atoms with Crippen LogP contribution in [-0.4, -0.2) is 40.3 Å². The third-order valence-corrected chi connectivity index (χ3v) is 7.97. The number of halogens is 4. The highest BCUT2D eigenvalue weighted by molar-refractivity contribution is 7.18. The summed E-state index contributed by atoms with van der Waals surface area (Å²) in [6.45, 7) is 7.44. The van der Waals surface area contributed by atoms with Gasteiger partial charge < -0.3 is 15.2 Å². The third kappa shape index (κ3) is 9.81. The first-order chi connectivity index (χ1) is 21.8.